The van der Waals surface area contributed by atoms with Gasteiger partial charge in [0.05, 0.1) is 6.20 Å². The van der Waals surface area contributed by atoms with Crippen LogP contribution in [-0.2, 0) is 13.1 Å². The summed E-state index contributed by atoms with van der Waals surface area (Å²) >= 11 is 0. The Morgan fingerprint density at radius 3 is 3.04 bits per heavy atom. The molecule has 0 unspecified atom stereocenters. The van der Waals surface area contributed by atoms with E-state index in [1.807, 2.05) is 23.0 Å². The maximum absolute atomic E-state index is 4.61. The Hall–Kier alpha value is -2.63. The number of aromatic amines is 1. The van der Waals surface area contributed by atoms with Crippen molar-refractivity contribution in [3.63, 3.8) is 0 Å². The van der Waals surface area contributed by atoms with Crippen LogP contribution in [-0.4, -0.2) is 25.0 Å². The second-order valence-electron chi connectivity index (χ2n) is 5.96. The molecule has 3 aromatic rings. The molecule has 2 N–H and O–H groups in total. The molecule has 2 aromatic heterocycles. The minimum Gasteiger partial charge on any atom is -0.381 e. The normalized spacial score (nSPS) is 14.1. The summed E-state index contributed by atoms with van der Waals surface area (Å²) in [5.74, 6) is 2.38. The van der Waals surface area contributed by atoms with Gasteiger partial charge in [-0.05, 0) is 31.9 Å². The van der Waals surface area contributed by atoms with Gasteiger partial charge >= 0.3 is 0 Å². The number of benzene rings is 1. The zero-order chi connectivity index (χ0) is 15.6. The summed E-state index contributed by atoms with van der Waals surface area (Å²) in [6, 6.07) is 8.22. The fourth-order valence-electron chi connectivity index (χ4n) is 2.59. The van der Waals surface area contributed by atoms with E-state index >= 15 is 0 Å². The first-order valence-corrected chi connectivity index (χ1v) is 8.10. The molecule has 0 aliphatic heterocycles. The van der Waals surface area contributed by atoms with E-state index in [-0.39, 0.29) is 0 Å². The Morgan fingerprint density at radius 1 is 1.35 bits per heavy atom. The van der Waals surface area contributed by atoms with E-state index in [1.165, 1.54) is 18.4 Å². The van der Waals surface area contributed by atoms with E-state index in [0.29, 0.717) is 5.92 Å². The first-order chi connectivity index (χ1) is 11.3. The van der Waals surface area contributed by atoms with Crippen molar-refractivity contribution in [2.75, 3.05) is 5.32 Å². The van der Waals surface area contributed by atoms with Crippen LogP contribution in [0.2, 0.25) is 0 Å². The van der Waals surface area contributed by atoms with Crippen LogP contribution in [0.3, 0.4) is 0 Å². The standard InChI is InChI=1S/C17H20N6/c1-2-23-11-12(10-19-23)9-18-15-5-3-4-14(8-15)17-20-16(21-22-17)13-6-7-13/h3-5,8,10-11,13,18H,2,6-7,9H2,1H3,(H,20,21,22). The van der Waals surface area contributed by atoms with Crippen LogP contribution >= 0.6 is 0 Å². The van der Waals surface area contributed by atoms with E-state index < -0.39 is 0 Å². The quantitative estimate of drug-likeness (QED) is 0.733. The van der Waals surface area contributed by atoms with E-state index in [9.17, 15) is 0 Å². The van der Waals surface area contributed by atoms with Crippen molar-refractivity contribution < 1.29 is 0 Å². The van der Waals surface area contributed by atoms with Crippen LogP contribution in [0.4, 0.5) is 5.69 Å². The van der Waals surface area contributed by atoms with Crippen molar-refractivity contribution in [2.24, 2.45) is 0 Å². The lowest BCUT2D eigenvalue weighted by Crippen LogP contribution is -1.99. The van der Waals surface area contributed by atoms with Gasteiger partial charge in [0, 0.05) is 42.0 Å². The lowest BCUT2D eigenvalue weighted by molar-refractivity contribution is 0.659. The van der Waals surface area contributed by atoms with Gasteiger partial charge in [0.15, 0.2) is 5.82 Å². The number of rotatable bonds is 6. The Morgan fingerprint density at radius 2 is 2.26 bits per heavy atom. The van der Waals surface area contributed by atoms with Gasteiger partial charge in [0.25, 0.3) is 0 Å². The third kappa shape index (κ3) is 3.11. The second kappa shape index (κ2) is 5.87. The van der Waals surface area contributed by atoms with E-state index in [2.05, 4.69) is 50.9 Å². The predicted molar refractivity (Wildman–Crippen MR) is 89.0 cm³/mol. The van der Waals surface area contributed by atoms with Crippen LogP contribution in [0.15, 0.2) is 36.7 Å². The Balaban J connectivity index is 1.46. The molecule has 6 nitrogen and oxygen atoms in total. The SMILES string of the molecule is CCn1cc(CNc2cccc(-c3n[nH]c(C4CC4)n3)c2)cn1. The molecule has 1 aliphatic carbocycles. The molecule has 118 valence electrons. The molecule has 1 aliphatic rings. The molecule has 4 rings (SSSR count). The molecule has 0 saturated heterocycles. The molecule has 0 radical (unpaired) electrons. The highest BCUT2D eigenvalue weighted by molar-refractivity contribution is 5.62. The first-order valence-electron chi connectivity index (χ1n) is 8.10. The largest absolute Gasteiger partial charge is 0.381 e. The number of hydrogen-bond acceptors (Lipinski definition) is 4. The first kappa shape index (κ1) is 14.0. The molecule has 23 heavy (non-hydrogen) atoms. The Kier molecular flexibility index (Phi) is 3.57. The molecule has 0 bridgehead atoms. The van der Waals surface area contributed by atoms with Crippen molar-refractivity contribution in [3.8, 4) is 11.4 Å². The number of hydrogen-bond donors (Lipinski definition) is 2. The van der Waals surface area contributed by atoms with Crippen molar-refractivity contribution in [2.45, 2.75) is 38.8 Å². The van der Waals surface area contributed by atoms with E-state index in [1.54, 1.807) is 0 Å². The van der Waals surface area contributed by atoms with E-state index in [4.69, 9.17) is 0 Å². The van der Waals surface area contributed by atoms with Crippen LogP contribution in [0.25, 0.3) is 11.4 Å². The molecule has 6 heteroatoms. The van der Waals surface area contributed by atoms with Gasteiger partial charge in [-0.2, -0.15) is 10.2 Å². The lowest BCUT2D eigenvalue weighted by atomic mass is 10.2. The molecular formula is C17H20N6. The van der Waals surface area contributed by atoms with Crippen LogP contribution in [0, 0.1) is 0 Å². The average Bonchev–Trinajstić information content (AvgIpc) is 3.14. The summed E-state index contributed by atoms with van der Waals surface area (Å²) in [6.07, 6.45) is 6.41. The number of H-pyrrole nitrogens is 1. The average molecular weight is 308 g/mol. The van der Waals surface area contributed by atoms with Gasteiger partial charge in [-0.15, -0.1) is 0 Å². The smallest absolute Gasteiger partial charge is 0.181 e. The summed E-state index contributed by atoms with van der Waals surface area (Å²) in [5, 5.41) is 15.1. The second-order valence-corrected chi connectivity index (χ2v) is 5.96. The number of nitrogens with one attached hydrogen (secondary N) is 2. The number of aryl methyl sites for hydroxylation is 1. The minimum atomic E-state index is 0.590. The predicted octanol–water partition coefficient (Wildman–Crippen LogP) is 3.18. The molecule has 0 spiro atoms. The molecule has 1 fully saturated rings. The molecule has 2 heterocycles. The number of anilines is 1. The van der Waals surface area contributed by atoms with Crippen molar-refractivity contribution in [3.05, 3.63) is 48.0 Å². The highest BCUT2D eigenvalue weighted by atomic mass is 15.3. The maximum atomic E-state index is 4.61. The maximum Gasteiger partial charge on any atom is 0.181 e. The fraction of sp³-hybridized carbons (Fsp3) is 0.353. The molecule has 1 saturated carbocycles. The fourth-order valence-corrected chi connectivity index (χ4v) is 2.59. The van der Waals surface area contributed by atoms with Gasteiger partial charge in [0.1, 0.15) is 5.82 Å². The van der Waals surface area contributed by atoms with Crippen molar-refractivity contribution >= 4 is 5.69 Å². The summed E-state index contributed by atoms with van der Waals surface area (Å²) in [5.41, 5.74) is 3.26. The molecule has 0 amide bonds. The summed E-state index contributed by atoms with van der Waals surface area (Å²) in [4.78, 5) is 4.61. The third-order valence-electron chi connectivity index (χ3n) is 4.09. The third-order valence-corrected chi connectivity index (χ3v) is 4.09. The topological polar surface area (TPSA) is 71.4 Å². The zero-order valence-corrected chi connectivity index (χ0v) is 13.2. The monoisotopic (exact) mass is 308 g/mol. The Labute approximate surface area is 135 Å². The summed E-state index contributed by atoms with van der Waals surface area (Å²) < 4.78 is 1.93. The van der Waals surface area contributed by atoms with Crippen LogP contribution in [0.5, 0.6) is 0 Å². The van der Waals surface area contributed by atoms with Gasteiger partial charge in [-0.25, -0.2) is 4.98 Å². The lowest BCUT2D eigenvalue weighted by Gasteiger charge is -2.06. The van der Waals surface area contributed by atoms with Gasteiger partial charge in [-0.1, -0.05) is 12.1 Å². The number of nitrogens with zero attached hydrogens (tertiary/aromatic N) is 4. The number of aromatic nitrogens is 5. The highest BCUT2D eigenvalue weighted by Crippen LogP contribution is 2.38. The summed E-state index contributed by atoms with van der Waals surface area (Å²) in [7, 11) is 0. The van der Waals surface area contributed by atoms with Gasteiger partial charge in [0.2, 0.25) is 0 Å². The van der Waals surface area contributed by atoms with E-state index in [0.717, 1.165) is 36.0 Å². The zero-order valence-electron chi connectivity index (χ0n) is 13.2. The van der Waals surface area contributed by atoms with Crippen molar-refractivity contribution in [1.82, 2.24) is 25.0 Å². The molecule has 1 aromatic carbocycles. The van der Waals surface area contributed by atoms with Crippen molar-refractivity contribution in [1.29, 1.82) is 0 Å². The van der Waals surface area contributed by atoms with Crippen LogP contribution < -0.4 is 5.32 Å². The molecular weight excluding hydrogens is 288 g/mol. The molecule has 0 atom stereocenters. The van der Waals surface area contributed by atoms with Gasteiger partial charge in [-0.3, -0.25) is 9.78 Å². The summed E-state index contributed by atoms with van der Waals surface area (Å²) in [6.45, 7) is 3.73. The Bertz CT molecular complexity index is 799. The van der Waals surface area contributed by atoms with Crippen LogP contribution in [0.1, 0.15) is 37.1 Å². The van der Waals surface area contributed by atoms with Gasteiger partial charge < -0.3 is 5.32 Å². The highest BCUT2D eigenvalue weighted by Gasteiger charge is 2.27. The minimum absolute atomic E-state index is 0.590.